The zero-order valence-electron chi connectivity index (χ0n) is 11.1. The summed E-state index contributed by atoms with van der Waals surface area (Å²) in [4.78, 5) is 11.3. The lowest BCUT2D eigenvalue weighted by Crippen LogP contribution is -2.08. The van der Waals surface area contributed by atoms with E-state index in [4.69, 9.17) is 0 Å². The average Bonchev–Trinajstić information content (AvgIpc) is 2.91. The molecule has 2 aromatic rings. The van der Waals surface area contributed by atoms with Crippen molar-refractivity contribution >= 4 is 5.97 Å². The molecule has 0 bridgehead atoms. The molecule has 1 aliphatic rings. The Morgan fingerprint density at radius 3 is 2.68 bits per heavy atom. The minimum atomic E-state index is -0.954. The van der Waals surface area contributed by atoms with E-state index in [0.717, 1.165) is 42.6 Å². The van der Waals surface area contributed by atoms with Gasteiger partial charge in [0.15, 0.2) is 11.5 Å². The molecule has 2 aromatic heterocycles. The number of carboxylic acid groups (broad SMARTS) is 1. The number of hydrogen-bond donors (Lipinski definition) is 1. The molecule has 0 spiro atoms. The Labute approximate surface area is 110 Å². The summed E-state index contributed by atoms with van der Waals surface area (Å²) in [7, 11) is 1.87. The minimum absolute atomic E-state index is 0.179. The number of rotatable bonds is 2. The van der Waals surface area contributed by atoms with E-state index in [-0.39, 0.29) is 5.69 Å². The normalized spacial score (nSPS) is 14.4. The van der Waals surface area contributed by atoms with Crippen LogP contribution in [0.3, 0.4) is 0 Å². The lowest BCUT2D eigenvalue weighted by atomic mass is 9.96. The second-order valence-corrected chi connectivity index (χ2v) is 4.97. The second kappa shape index (κ2) is 4.22. The van der Waals surface area contributed by atoms with Crippen molar-refractivity contribution in [3.63, 3.8) is 0 Å². The summed E-state index contributed by atoms with van der Waals surface area (Å²) in [5.41, 5.74) is 3.08. The third-order valence-corrected chi connectivity index (χ3v) is 3.70. The summed E-state index contributed by atoms with van der Waals surface area (Å²) < 4.78 is 3.47. The van der Waals surface area contributed by atoms with Crippen LogP contribution in [0.25, 0.3) is 5.82 Å². The maximum Gasteiger partial charge on any atom is 0.356 e. The molecule has 19 heavy (non-hydrogen) atoms. The molecular formula is C13H16N4O2. The zero-order valence-corrected chi connectivity index (χ0v) is 11.1. The first kappa shape index (κ1) is 12.0. The molecule has 0 saturated carbocycles. The van der Waals surface area contributed by atoms with E-state index in [0.29, 0.717) is 5.82 Å². The number of fused-ring (bicyclic) bond motifs is 1. The molecule has 0 aliphatic heterocycles. The van der Waals surface area contributed by atoms with Crippen LogP contribution in [0.5, 0.6) is 0 Å². The molecule has 1 aliphatic carbocycles. The Bertz CT molecular complexity index is 634. The first-order valence-corrected chi connectivity index (χ1v) is 6.43. The molecule has 3 rings (SSSR count). The molecule has 100 valence electrons. The molecule has 1 N–H and O–H groups in total. The van der Waals surface area contributed by atoms with E-state index in [1.54, 1.807) is 9.36 Å². The van der Waals surface area contributed by atoms with Crippen molar-refractivity contribution in [2.75, 3.05) is 0 Å². The second-order valence-electron chi connectivity index (χ2n) is 4.97. The number of carboxylic acids is 1. The number of hydrogen-bond acceptors (Lipinski definition) is 3. The van der Waals surface area contributed by atoms with Crippen LogP contribution in [0.15, 0.2) is 6.07 Å². The fourth-order valence-electron chi connectivity index (χ4n) is 2.61. The van der Waals surface area contributed by atoms with Crippen LogP contribution in [0, 0.1) is 6.92 Å². The predicted octanol–water partition coefficient (Wildman–Crippen LogP) is 1.49. The molecular weight excluding hydrogens is 244 g/mol. The van der Waals surface area contributed by atoms with Crippen molar-refractivity contribution in [2.45, 2.75) is 32.6 Å². The fraction of sp³-hybridized carbons (Fsp3) is 0.462. The van der Waals surface area contributed by atoms with Gasteiger partial charge >= 0.3 is 5.97 Å². The van der Waals surface area contributed by atoms with Crippen molar-refractivity contribution in [2.24, 2.45) is 7.05 Å². The van der Waals surface area contributed by atoms with Crippen LogP contribution in [0.1, 0.15) is 40.3 Å². The quantitative estimate of drug-likeness (QED) is 0.888. The maximum atomic E-state index is 11.3. The standard InChI is InChI=1S/C13H16N4O2/c1-8-7-11(14-16(8)2)17-10-6-4-3-5-9(10)12(15-17)13(18)19/h7H,3-6H2,1-2H3,(H,18,19). The summed E-state index contributed by atoms with van der Waals surface area (Å²) in [5, 5.41) is 17.9. The largest absolute Gasteiger partial charge is 0.476 e. The van der Waals surface area contributed by atoms with Gasteiger partial charge in [-0.2, -0.15) is 10.2 Å². The van der Waals surface area contributed by atoms with Crippen LogP contribution < -0.4 is 0 Å². The van der Waals surface area contributed by atoms with Gasteiger partial charge in [-0.05, 0) is 32.6 Å². The Morgan fingerprint density at radius 1 is 1.32 bits per heavy atom. The van der Waals surface area contributed by atoms with Crippen molar-refractivity contribution < 1.29 is 9.90 Å². The van der Waals surface area contributed by atoms with Gasteiger partial charge in [0.2, 0.25) is 0 Å². The first-order chi connectivity index (χ1) is 9.08. The fourth-order valence-corrected chi connectivity index (χ4v) is 2.61. The Kier molecular flexibility index (Phi) is 2.66. The third-order valence-electron chi connectivity index (χ3n) is 3.70. The van der Waals surface area contributed by atoms with Crippen molar-refractivity contribution in [1.29, 1.82) is 0 Å². The van der Waals surface area contributed by atoms with Crippen molar-refractivity contribution in [1.82, 2.24) is 19.6 Å². The van der Waals surface area contributed by atoms with E-state index in [9.17, 15) is 9.90 Å². The summed E-state index contributed by atoms with van der Waals surface area (Å²) in [6.07, 6.45) is 3.76. The van der Waals surface area contributed by atoms with Crippen molar-refractivity contribution in [3.8, 4) is 5.82 Å². The SMILES string of the molecule is Cc1cc(-n2nc(C(=O)O)c3c2CCCC3)nn1C. The van der Waals surface area contributed by atoms with Gasteiger partial charge in [0.25, 0.3) is 0 Å². The summed E-state index contributed by atoms with van der Waals surface area (Å²) in [5.74, 6) is -0.254. The highest BCUT2D eigenvalue weighted by Crippen LogP contribution is 2.26. The molecule has 0 amide bonds. The Balaban J connectivity index is 2.18. The minimum Gasteiger partial charge on any atom is -0.476 e. The smallest absolute Gasteiger partial charge is 0.356 e. The van der Waals surface area contributed by atoms with Crippen LogP contribution >= 0.6 is 0 Å². The van der Waals surface area contributed by atoms with Gasteiger partial charge in [-0.3, -0.25) is 4.68 Å². The topological polar surface area (TPSA) is 72.9 Å². The molecule has 2 heterocycles. The van der Waals surface area contributed by atoms with Gasteiger partial charge in [-0.1, -0.05) is 0 Å². The van der Waals surface area contributed by atoms with Crippen LogP contribution in [0.2, 0.25) is 0 Å². The highest BCUT2D eigenvalue weighted by atomic mass is 16.4. The molecule has 0 atom stereocenters. The number of aromatic carboxylic acids is 1. The van der Waals surface area contributed by atoms with Crippen molar-refractivity contribution in [3.05, 3.63) is 28.7 Å². The van der Waals surface area contributed by atoms with Crippen LogP contribution in [-0.2, 0) is 19.9 Å². The van der Waals surface area contributed by atoms with E-state index in [1.807, 2.05) is 20.0 Å². The lowest BCUT2D eigenvalue weighted by molar-refractivity contribution is 0.0688. The summed E-state index contributed by atoms with van der Waals surface area (Å²) in [6.45, 7) is 1.96. The Morgan fingerprint density at radius 2 is 2.05 bits per heavy atom. The summed E-state index contributed by atoms with van der Waals surface area (Å²) in [6, 6.07) is 1.92. The molecule has 6 heteroatoms. The molecule has 0 unspecified atom stereocenters. The number of aryl methyl sites for hydroxylation is 2. The average molecular weight is 260 g/mol. The molecule has 0 saturated heterocycles. The number of carbonyl (C=O) groups is 1. The van der Waals surface area contributed by atoms with Crippen LogP contribution in [0.4, 0.5) is 0 Å². The first-order valence-electron chi connectivity index (χ1n) is 6.43. The van der Waals surface area contributed by atoms with E-state index in [2.05, 4.69) is 10.2 Å². The molecule has 0 fully saturated rings. The zero-order chi connectivity index (χ0) is 13.6. The lowest BCUT2D eigenvalue weighted by Gasteiger charge is -2.12. The molecule has 0 aromatic carbocycles. The Hall–Kier alpha value is -2.11. The van der Waals surface area contributed by atoms with Gasteiger partial charge in [-0.25, -0.2) is 9.48 Å². The highest BCUT2D eigenvalue weighted by molar-refractivity contribution is 5.87. The van der Waals surface area contributed by atoms with E-state index >= 15 is 0 Å². The predicted molar refractivity (Wildman–Crippen MR) is 68.7 cm³/mol. The monoisotopic (exact) mass is 260 g/mol. The van der Waals surface area contributed by atoms with E-state index in [1.165, 1.54) is 0 Å². The molecule has 0 radical (unpaired) electrons. The highest BCUT2D eigenvalue weighted by Gasteiger charge is 2.26. The van der Waals surface area contributed by atoms with Gasteiger partial charge in [0.1, 0.15) is 0 Å². The van der Waals surface area contributed by atoms with E-state index < -0.39 is 5.97 Å². The third kappa shape index (κ3) is 1.83. The van der Waals surface area contributed by atoms with Crippen LogP contribution in [-0.4, -0.2) is 30.6 Å². The number of nitrogens with zero attached hydrogens (tertiary/aromatic N) is 4. The molecule has 6 nitrogen and oxygen atoms in total. The van der Waals surface area contributed by atoms with Gasteiger partial charge in [0.05, 0.1) is 5.69 Å². The number of aromatic nitrogens is 4. The maximum absolute atomic E-state index is 11.3. The van der Waals surface area contributed by atoms with Gasteiger partial charge in [0, 0.05) is 24.4 Å². The van der Waals surface area contributed by atoms with Gasteiger partial charge < -0.3 is 5.11 Å². The van der Waals surface area contributed by atoms with Gasteiger partial charge in [-0.15, -0.1) is 0 Å². The summed E-state index contributed by atoms with van der Waals surface area (Å²) >= 11 is 0.